The van der Waals surface area contributed by atoms with E-state index in [9.17, 15) is 9.59 Å². The highest BCUT2D eigenvalue weighted by Crippen LogP contribution is 2.39. The summed E-state index contributed by atoms with van der Waals surface area (Å²) in [5, 5.41) is 7.98. The predicted molar refractivity (Wildman–Crippen MR) is 120 cm³/mol. The number of carbonyl (C=O) groups is 2. The maximum absolute atomic E-state index is 13.0. The van der Waals surface area contributed by atoms with Crippen LogP contribution in [0.15, 0.2) is 78.9 Å². The molecule has 1 saturated heterocycles. The minimum atomic E-state index is -0.316. The molecule has 1 N–H and O–H groups in total. The third-order valence-electron chi connectivity index (χ3n) is 6.39. The summed E-state index contributed by atoms with van der Waals surface area (Å²) in [6.07, 6.45) is 7.22. The van der Waals surface area contributed by atoms with Crippen molar-refractivity contribution in [1.82, 2.24) is 14.8 Å². The first-order chi connectivity index (χ1) is 15.7. The van der Waals surface area contributed by atoms with E-state index in [2.05, 4.69) is 21.5 Å². The number of fused-ring (bicyclic) bond motifs is 2. The molecule has 158 valence electrons. The van der Waals surface area contributed by atoms with Gasteiger partial charge in [-0.3, -0.25) is 9.59 Å². The Morgan fingerprint density at radius 3 is 2.12 bits per heavy atom. The molecule has 2 aliphatic heterocycles. The number of nitrogens with zero attached hydrogens (tertiary/aromatic N) is 4. The SMILES string of the molecule is O=C1[C@H]2CC=CC[C@@H]2C(=O)N1c1nc2n(n1)[C@@H](c1ccccc1)C=C(c1ccccc1)N2. The van der Waals surface area contributed by atoms with Gasteiger partial charge in [0.15, 0.2) is 0 Å². The van der Waals surface area contributed by atoms with E-state index in [0.29, 0.717) is 18.8 Å². The van der Waals surface area contributed by atoms with Crippen LogP contribution in [0.2, 0.25) is 0 Å². The van der Waals surface area contributed by atoms with Crippen LogP contribution in [0.4, 0.5) is 11.9 Å². The van der Waals surface area contributed by atoms with Gasteiger partial charge in [-0.25, -0.2) is 9.58 Å². The first kappa shape index (κ1) is 18.7. The summed E-state index contributed by atoms with van der Waals surface area (Å²) in [7, 11) is 0. The summed E-state index contributed by atoms with van der Waals surface area (Å²) in [6, 6.07) is 19.8. The summed E-state index contributed by atoms with van der Waals surface area (Å²) in [5.74, 6) is -0.406. The average Bonchev–Trinajstić information content (AvgIpc) is 3.38. The molecule has 3 aromatic rings. The van der Waals surface area contributed by atoms with Crippen LogP contribution in [0.1, 0.15) is 30.0 Å². The van der Waals surface area contributed by atoms with E-state index in [-0.39, 0.29) is 35.6 Å². The highest BCUT2D eigenvalue weighted by molar-refractivity contribution is 6.21. The molecule has 0 saturated carbocycles. The molecule has 1 aromatic heterocycles. The lowest BCUT2D eigenvalue weighted by molar-refractivity contribution is -0.122. The highest BCUT2D eigenvalue weighted by atomic mass is 16.2. The van der Waals surface area contributed by atoms with Crippen molar-refractivity contribution in [3.8, 4) is 0 Å². The van der Waals surface area contributed by atoms with Gasteiger partial charge < -0.3 is 5.32 Å². The minimum Gasteiger partial charge on any atom is -0.324 e. The van der Waals surface area contributed by atoms with Crippen LogP contribution in [0.3, 0.4) is 0 Å². The number of allylic oxidation sites excluding steroid dienone is 3. The second-order valence-corrected chi connectivity index (χ2v) is 8.27. The van der Waals surface area contributed by atoms with Gasteiger partial charge in [0, 0.05) is 5.70 Å². The van der Waals surface area contributed by atoms with Crippen LogP contribution in [0.5, 0.6) is 0 Å². The van der Waals surface area contributed by atoms with Crippen molar-refractivity contribution in [2.45, 2.75) is 18.9 Å². The van der Waals surface area contributed by atoms with Gasteiger partial charge in [0.1, 0.15) is 6.04 Å². The van der Waals surface area contributed by atoms with Crippen molar-refractivity contribution < 1.29 is 9.59 Å². The molecule has 0 spiro atoms. The van der Waals surface area contributed by atoms with Crippen LogP contribution < -0.4 is 10.2 Å². The number of benzene rings is 2. The summed E-state index contributed by atoms with van der Waals surface area (Å²) in [6.45, 7) is 0. The molecule has 0 radical (unpaired) electrons. The smallest absolute Gasteiger partial charge is 0.260 e. The van der Waals surface area contributed by atoms with E-state index in [1.165, 1.54) is 4.90 Å². The van der Waals surface area contributed by atoms with Gasteiger partial charge in [0.2, 0.25) is 17.8 Å². The summed E-state index contributed by atoms with van der Waals surface area (Å²) < 4.78 is 1.75. The van der Waals surface area contributed by atoms with E-state index >= 15 is 0 Å². The molecular formula is C25H21N5O2. The summed E-state index contributed by atoms with van der Waals surface area (Å²) in [4.78, 5) is 31.9. The summed E-state index contributed by atoms with van der Waals surface area (Å²) in [5.41, 5.74) is 2.97. The largest absolute Gasteiger partial charge is 0.324 e. The standard InChI is InChI=1S/C25H21N5O2/c31-22-18-13-7-8-14-19(18)23(32)29(22)25-27-24-26-20(16-9-3-1-4-10-16)15-21(30(24)28-25)17-11-5-2-6-12-17/h1-12,15,18-19,21H,13-14H2,(H,26,27,28)/t18-,19-,21+/m0/s1. The Morgan fingerprint density at radius 2 is 1.47 bits per heavy atom. The van der Waals surface area contributed by atoms with E-state index in [0.717, 1.165) is 16.8 Å². The summed E-state index contributed by atoms with van der Waals surface area (Å²) >= 11 is 0. The fourth-order valence-electron chi connectivity index (χ4n) is 4.75. The fraction of sp³-hybridized carbons (Fsp3) is 0.200. The van der Waals surface area contributed by atoms with Crippen LogP contribution in [-0.4, -0.2) is 26.6 Å². The number of imide groups is 1. The molecule has 32 heavy (non-hydrogen) atoms. The molecule has 2 aromatic carbocycles. The number of hydrogen-bond acceptors (Lipinski definition) is 5. The Bertz CT molecular complexity index is 1240. The first-order valence-electron chi connectivity index (χ1n) is 10.8. The van der Waals surface area contributed by atoms with Crippen LogP contribution in [-0.2, 0) is 9.59 Å². The molecular weight excluding hydrogens is 402 g/mol. The number of hydrogen-bond donors (Lipinski definition) is 1. The molecule has 1 fully saturated rings. The molecule has 6 rings (SSSR count). The van der Waals surface area contributed by atoms with Gasteiger partial charge in [-0.15, -0.1) is 5.10 Å². The van der Waals surface area contributed by atoms with Crippen molar-refractivity contribution in [3.63, 3.8) is 0 Å². The normalized spacial score (nSPS) is 24.1. The molecule has 7 heteroatoms. The lowest BCUT2D eigenvalue weighted by Crippen LogP contribution is -2.32. The monoisotopic (exact) mass is 423 g/mol. The molecule has 3 heterocycles. The number of anilines is 2. The third-order valence-corrected chi connectivity index (χ3v) is 6.39. The van der Waals surface area contributed by atoms with Gasteiger partial charge in [0.05, 0.1) is 11.8 Å². The van der Waals surface area contributed by atoms with E-state index in [1.54, 1.807) is 4.68 Å². The van der Waals surface area contributed by atoms with Gasteiger partial charge in [-0.1, -0.05) is 72.8 Å². The molecule has 1 aliphatic carbocycles. The Balaban J connectivity index is 1.42. The van der Waals surface area contributed by atoms with Crippen LogP contribution >= 0.6 is 0 Å². The Hall–Kier alpha value is -4.00. The Morgan fingerprint density at radius 1 is 0.844 bits per heavy atom. The average molecular weight is 423 g/mol. The zero-order valence-corrected chi connectivity index (χ0v) is 17.3. The molecule has 0 unspecified atom stereocenters. The van der Waals surface area contributed by atoms with Crippen molar-refractivity contribution in [3.05, 3.63) is 90.0 Å². The number of amides is 2. The zero-order chi connectivity index (χ0) is 21.7. The van der Waals surface area contributed by atoms with Gasteiger partial charge >= 0.3 is 0 Å². The second-order valence-electron chi connectivity index (χ2n) is 8.27. The fourth-order valence-corrected chi connectivity index (χ4v) is 4.75. The predicted octanol–water partition coefficient (Wildman–Crippen LogP) is 3.79. The van der Waals surface area contributed by atoms with Crippen molar-refractivity contribution >= 4 is 29.4 Å². The topological polar surface area (TPSA) is 80.1 Å². The highest BCUT2D eigenvalue weighted by Gasteiger charge is 2.49. The van der Waals surface area contributed by atoms with Crippen molar-refractivity contribution in [1.29, 1.82) is 0 Å². The lowest BCUT2D eigenvalue weighted by Gasteiger charge is -2.24. The molecule has 7 nitrogen and oxygen atoms in total. The van der Waals surface area contributed by atoms with Crippen LogP contribution in [0, 0.1) is 11.8 Å². The lowest BCUT2D eigenvalue weighted by atomic mass is 9.85. The third kappa shape index (κ3) is 2.89. The second kappa shape index (κ2) is 7.30. The van der Waals surface area contributed by atoms with E-state index in [1.807, 2.05) is 72.8 Å². The Labute approximate surface area is 185 Å². The van der Waals surface area contributed by atoms with Crippen molar-refractivity contribution in [2.24, 2.45) is 11.8 Å². The quantitative estimate of drug-likeness (QED) is 0.512. The van der Waals surface area contributed by atoms with E-state index in [4.69, 9.17) is 0 Å². The van der Waals surface area contributed by atoms with Gasteiger partial charge in [-0.05, 0) is 30.0 Å². The zero-order valence-electron chi connectivity index (χ0n) is 17.3. The van der Waals surface area contributed by atoms with Crippen LogP contribution in [0.25, 0.3) is 5.70 Å². The molecule has 2 amide bonds. The maximum Gasteiger partial charge on any atom is 0.260 e. The number of carbonyl (C=O) groups excluding carboxylic acids is 2. The van der Waals surface area contributed by atoms with Crippen molar-refractivity contribution in [2.75, 3.05) is 10.2 Å². The maximum atomic E-state index is 13.0. The van der Waals surface area contributed by atoms with Gasteiger partial charge in [-0.2, -0.15) is 4.98 Å². The first-order valence-corrected chi connectivity index (χ1v) is 10.8. The van der Waals surface area contributed by atoms with Gasteiger partial charge in [0.25, 0.3) is 5.95 Å². The molecule has 3 aliphatic rings. The van der Waals surface area contributed by atoms with E-state index < -0.39 is 0 Å². The molecule has 0 bridgehead atoms. The number of nitrogens with one attached hydrogen (secondary N) is 1. The number of aromatic nitrogens is 3. The Kier molecular flexibility index (Phi) is 4.28. The minimum absolute atomic E-state index is 0.139. The molecule has 3 atom stereocenters. The number of rotatable bonds is 3.